The molecule has 0 aliphatic carbocycles. The Balaban J connectivity index is 1.69. The molecule has 1 aromatic heterocycles. The lowest BCUT2D eigenvalue weighted by Crippen LogP contribution is -2.42. The summed E-state index contributed by atoms with van der Waals surface area (Å²) in [5.41, 5.74) is 0.317. The van der Waals surface area contributed by atoms with Gasteiger partial charge in [0.1, 0.15) is 5.02 Å². The van der Waals surface area contributed by atoms with E-state index in [0.717, 1.165) is 19.4 Å². The molecule has 2 atom stereocenters. The Morgan fingerprint density at radius 1 is 1.44 bits per heavy atom. The van der Waals surface area contributed by atoms with E-state index in [2.05, 4.69) is 20.4 Å². The highest BCUT2D eigenvalue weighted by Gasteiger charge is 2.31. The van der Waals surface area contributed by atoms with Gasteiger partial charge >= 0.3 is 0 Å². The molecule has 0 saturated carbocycles. The van der Waals surface area contributed by atoms with Crippen LogP contribution in [0.5, 0.6) is 0 Å². The van der Waals surface area contributed by atoms with Crippen molar-refractivity contribution in [1.82, 2.24) is 15.1 Å². The van der Waals surface area contributed by atoms with Crippen molar-refractivity contribution in [1.29, 1.82) is 0 Å². The SMILES string of the molecule is O=c1[nH]ncc(NC2CCN3CCCC3C2)c1Cl. The normalized spacial score (nSPS) is 28.1. The second-order valence-corrected chi connectivity index (χ2v) is 5.50. The Morgan fingerprint density at radius 3 is 3.22 bits per heavy atom. The Hall–Kier alpha value is -1.07. The van der Waals surface area contributed by atoms with E-state index in [1.54, 1.807) is 6.20 Å². The van der Waals surface area contributed by atoms with Gasteiger partial charge in [0.15, 0.2) is 0 Å². The highest BCUT2D eigenvalue weighted by Crippen LogP contribution is 2.29. The molecule has 6 heteroatoms. The average molecular weight is 269 g/mol. The Morgan fingerprint density at radius 2 is 2.33 bits per heavy atom. The molecule has 0 amide bonds. The Kier molecular flexibility index (Phi) is 3.26. The molecule has 0 bridgehead atoms. The number of H-pyrrole nitrogens is 1. The van der Waals surface area contributed by atoms with Crippen LogP contribution in [0.15, 0.2) is 11.0 Å². The molecular weight excluding hydrogens is 252 g/mol. The molecule has 2 fully saturated rings. The summed E-state index contributed by atoms with van der Waals surface area (Å²) in [5, 5.41) is 9.68. The Labute approximate surface area is 111 Å². The fourth-order valence-corrected chi connectivity index (χ4v) is 3.21. The van der Waals surface area contributed by atoms with Crippen molar-refractivity contribution in [3.63, 3.8) is 0 Å². The molecule has 0 spiro atoms. The van der Waals surface area contributed by atoms with E-state index in [-0.39, 0.29) is 10.6 Å². The number of aromatic nitrogens is 2. The predicted molar refractivity (Wildman–Crippen MR) is 71.1 cm³/mol. The van der Waals surface area contributed by atoms with Gasteiger partial charge in [0, 0.05) is 18.6 Å². The van der Waals surface area contributed by atoms with E-state index >= 15 is 0 Å². The van der Waals surface area contributed by atoms with Crippen molar-refractivity contribution in [2.24, 2.45) is 0 Å². The zero-order chi connectivity index (χ0) is 12.5. The van der Waals surface area contributed by atoms with Gasteiger partial charge in [-0.25, -0.2) is 5.10 Å². The summed E-state index contributed by atoms with van der Waals surface area (Å²) in [6.45, 7) is 2.38. The van der Waals surface area contributed by atoms with Crippen molar-refractivity contribution in [2.75, 3.05) is 18.4 Å². The third kappa shape index (κ3) is 2.24. The minimum atomic E-state index is -0.333. The summed E-state index contributed by atoms with van der Waals surface area (Å²) in [6.07, 6.45) is 6.41. The van der Waals surface area contributed by atoms with Crippen LogP contribution in [0, 0.1) is 0 Å². The summed E-state index contributed by atoms with van der Waals surface area (Å²) in [6, 6.07) is 1.09. The number of aromatic amines is 1. The van der Waals surface area contributed by atoms with Gasteiger partial charge in [-0.3, -0.25) is 4.79 Å². The molecule has 3 rings (SSSR count). The second kappa shape index (κ2) is 4.90. The summed E-state index contributed by atoms with van der Waals surface area (Å²) >= 11 is 5.97. The first-order chi connectivity index (χ1) is 8.74. The maximum Gasteiger partial charge on any atom is 0.285 e. The van der Waals surface area contributed by atoms with Crippen molar-refractivity contribution < 1.29 is 0 Å². The van der Waals surface area contributed by atoms with E-state index in [1.807, 2.05) is 0 Å². The number of halogens is 1. The van der Waals surface area contributed by atoms with E-state index < -0.39 is 0 Å². The van der Waals surface area contributed by atoms with Crippen molar-refractivity contribution in [3.8, 4) is 0 Å². The molecular formula is C12H17ClN4O. The largest absolute Gasteiger partial charge is 0.380 e. The number of fused-ring (bicyclic) bond motifs is 1. The van der Waals surface area contributed by atoms with Gasteiger partial charge in [0.05, 0.1) is 11.9 Å². The summed E-state index contributed by atoms with van der Waals surface area (Å²) < 4.78 is 0. The molecule has 2 unspecified atom stereocenters. The van der Waals surface area contributed by atoms with Gasteiger partial charge in [0.2, 0.25) is 0 Å². The monoisotopic (exact) mass is 268 g/mol. The smallest absolute Gasteiger partial charge is 0.285 e. The van der Waals surface area contributed by atoms with Gasteiger partial charge < -0.3 is 10.2 Å². The van der Waals surface area contributed by atoms with Crippen molar-refractivity contribution >= 4 is 17.3 Å². The predicted octanol–water partition coefficient (Wildman–Crippen LogP) is 1.46. The third-order valence-electron chi connectivity index (χ3n) is 3.98. The van der Waals surface area contributed by atoms with Crippen molar-refractivity contribution in [2.45, 2.75) is 37.8 Å². The minimum Gasteiger partial charge on any atom is -0.380 e. The van der Waals surface area contributed by atoms with Crippen LogP contribution in [0.25, 0.3) is 0 Å². The molecule has 98 valence electrons. The molecule has 2 saturated heterocycles. The highest BCUT2D eigenvalue weighted by atomic mass is 35.5. The molecule has 2 N–H and O–H groups in total. The number of rotatable bonds is 2. The maximum atomic E-state index is 11.4. The third-order valence-corrected chi connectivity index (χ3v) is 4.35. The lowest BCUT2D eigenvalue weighted by atomic mass is 9.97. The zero-order valence-corrected chi connectivity index (χ0v) is 10.9. The summed E-state index contributed by atoms with van der Waals surface area (Å²) in [4.78, 5) is 13.9. The van der Waals surface area contributed by atoms with Gasteiger partial charge in [-0.05, 0) is 32.2 Å². The quantitative estimate of drug-likeness (QED) is 0.853. The van der Waals surface area contributed by atoms with E-state index in [1.165, 1.54) is 19.4 Å². The van der Waals surface area contributed by atoms with Gasteiger partial charge in [-0.15, -0.1) is 0 Å². The summed E-state index contributed by atoms with van der Waals surface area (Å²) in [7, 11) is 0. The lowest BCUT2D eigenvalue weighted by molar-refractivity contribution is 0.188. The van der Waals surface area contributed by atoms with Crippen LogP contribution in [0.3, 0.4) is 0 Å². The van der Waals surface area contributed by atoms with Gasteiger partial charge in [-0.2, -0.15) is 5.10 Å². The topological polar surface area (TPSA) is 61.0 Å². The zero-order valence-electron chi connectivity index (χ0n) is 10.2. The fourth-order valence-electron chi connectivity index (χ4n) is 3.06. The van der Waals surface area contributed by atoms with Crippen LogP contribution in [-0.4, -0.2) is 40.3 Å². The number of hydrogen-bond donors (Lipinski definition) is 2. The van der Waals surface area contributed by atoms with Crippen LogP contribution in [0.4, 0.5) is 5.69 Å². The highest BCUT2D eigenvalue weighted by molar-refractivity contribution is 6.32. The average Bonchev–Trinajstić information content (AvgIpc) is 2.82. The molecule has 0 aromatic carbocycles. The van der Waals surface area contributed by atoms with Crippen LogP contribution >= 0.6 is 11.6 Å². The van der Waals surface area contributed by atoms with Crippen LogP contribution in [-0.2, 0) is 0 Å². The molecule has 0 radical (unpaired) electrons. The number of nitrogens with one attached hydrogen (secondary N) is 2. The van der Waals surface area contributed by atoms with Crippen LogP contribution in [0.2, 0.25) is 5.02 Å². The number of nitrogens with zero attached hydrogens (tertiary/aromatic N) is 2. The first kappa shape index (κ1) is 12.0. The van der Waals surface area contributed by atoms with Crippen LogP contribution < -0.4 is 10.9 Å². The van der Waals surface area contributed by atoms with Gasteiger partial charge in [0.25, 0.3) is 5.56 Å². The molecule has 2 aliphatic heterocycles. The van der Waals surface area contributed by atoms with E-state index in [4.69, 9.17) is 11.6 Å². The fraction of sp³-hybridized carbons (Fsp3) is 0.667. The number of piperidine rings is 1. The minimum absolute atomic E-state index is 0.207. The maximum absolute atomic E-state index is 11.4. The summed E-state index contributed by atoms with van der Waals surface area (Å²) in [5.74, 6) is 0. The van der Waals surface area contributed by atoms with Gasteiger partial charge in [-0.1, -0.05) is 11.6 Å². The number of hydrogen-bond acceptors (Lipinski definition) is 4. The van der Waals surface area contributed by atoms with Crippen LogP contribution in [0.1, 0.15) is 25.7 Å². The molecule has 3 heterocycles. The van der Waals surface area contributed by atoms with Crippen molar-refractivity contribution in [3.05, 3.63) is 21.6 Å². The molecule has 1 aromatic rings. The molecule has 5 nitrogen and oxygen atoms in total. The molecule has 2 aliphatic rings. The lowest BCUT2D eigenvalue weighted by Gasteiger charge is -2.35. The Bertz CT molecular complexity index is 489. The first-order valence-corrected chi connectivity index (χ1v) is 6.85. The second-order valence-electron chi connectivity index (χ2n) is 5.12. The van der Waals surface area contributed by atoms with E-state index in [9.17, 15) is 4.79 Å². The van der Waals surface area contributed by atoms with E-state index in [0.29, 0.717) is 17.8 Å². The first-order valence-electron chi connectivity index (χ1n) is 6.48. The standard InChI is InChI=1S/C12H17ClN4O/c13-11-10(7-14-16-12(11)18)15-8-3-5-17-4-1-2-9(17)6-8/h7-9H,1-6H2,(H2,15,16,18). The number of anilines is 1. The molecule has 18 heavy (non-hydrogen) atoms.